The minimum atomic E-state index is -0.572. The smallest absolute Gasteiger partial charge is 0.407 e. The number of rotatable bonds is 22. The van der Waals surface area contributed by atoms with E-state index >= 15 is 0 Å². The van der Waals surface area contributed by atoms with Crippen molar-refractivity contribution in [3.63, 3.8) is 0 Å². The maximum atomic E-state index is 12.5. The molecule has 0 aliphatic rings. The molecule has 0 atom stereocenters. The van der Waals surface area contributed by atoms with E-state index in [1.165, 1.54) is 0 Å². The molecule has 0 aromatic carbocycles. The van der Waals surface area contributed by atoms with Crippen molar-refractivity contribution in [2.45, 2.75) is 118 Å². The molecule has 0 aliphatic carbocycles. The second-order valence-electron chi connectivity index (χ2n) is 13.5. The van der Waals surface area contributed by atoms with Gasteiger partial charge in [-0.1, -0.05) is 39.5 Å². The van der Waals surface area contributed by atoms with E-state index in [9.17, 15) is 28.8 Å². The lowest BCUT2D eigenvalue weighted by molar-refractivity contribution is -0.132. The Kier molecular flexibility index (Phi) is 28.2. The van der Waals surface area contributed by atoms with Gasteiger partial charge in [0.25, 0.3) is 0 Å². The van der Waals surface area contributed by atoms with Crippen LogP contribution in [-0.2, 0) is 28.7 Å². The van der Waals surface area contributed by atoms with Crippen molar-refractivity contribution in [3.8, 4) is 0 Å². The molecule has 50 heavy (non-hydrogen) atoms. The Balaban J connectivity index is 0. The standard InChI is InChI=1S/C20H39N3O5.C14H25Cl2N3O3/c1-8-9-10-11-16(24)23(14-12-21-17(25)27-19(2,3)4)15-13-22-18(26)28-20(5,6)7;1-2-3-4-5-14(22)19(8-6-17-12(20)10-15)9-7-18-13(21)11-16/h8-15H2,1-7H3,(H,21,25)(H,22,26);2-11H2,1H3,(H,17,20)(H,18,21). The van der Waals surface area contributed by atoms with E-state index in [4.69, 9.17) is 32.7 Å². The van der Waals surface area contributed by atoms with Gasteiger partial charge in [0.2, 0.25) is 23.6 Å². The van der Waals surface area contributed by atoms with Gasteiger partial charge in [0, 0.05) is 65.2 Å². The lowest BCUT2D eigenvalue weighted by Crippen LogP contribution is -2.44. The fraction of sp³-hybridized carbons (Fsp3) is 0.824. The van der Waals surface area contributed by atoms with Crippen molar-refractivity contribution in [3.05, 3.63) is 0 Å². The quantitative estimate of drug-likeness (QED) is 0.0920. The minimum Gasteiger partial charge on any atom is -0.444 e. The summed E-state index contributed by atoms with van der Waals surface area (Å²) in [5.41, 5.74) is -1.14. The Hall–Kier alpha value is -3.00. The zero-order chi connectivity index (χ0) is 38.6. The number of carbonyl (C=O) groups excluding carboxylic acids is 6. The van der Waals surface area contributed by atoms with Crippen LogP contribution >= 0.6 is 23.2 Å². The van der Waals surface area contributed by atoms with Crippen molar-refractivity contribution in [2.24, 2.45) is 0 Å². The van der Waals surface area contributed by atoms with Crippen LogP contribution in [0.4, 0.5) is 9.59 Å². The van der Waals surface area contributed by atoms with Gasteiger partial charge >= 0.3 is 12.2 Å². The molecule has 16 heteroatoms. The molecule has 0 saturated carbocycles. The van der Waals surface area contributed by atoms with E-state index in [0.717, 1.165) is 38.5 Å². The first-order valence-electron chi connectivity index (χ1n) is 17.5. The Morgan fingerprint density at radius 3 is 1.08 bits per heavy atom. The van der Waals surface area contributed by atoms with Gasteiger partial charge in [0.1, 0.15) is 23.0 Å². The highest BCUT2D eigenvalue weighted by molar-refractivity contribution is 6.27. The molecule has 0 radical (unpaired) electrons. The third-order valence-electron chi connectivity index (χ3n) is 6.44. The van der Waals surface area contributed by atoms with Crippen molar-refractivity contribution in [1.82, 2.24) is 31.1 Å². The molecule has 0 rings (SSSR count). The molecule has 0 unspecified atom stereocenters. The van der Waals surface area contributed by atoms with E-state index in [1.54, 1.807) is 51.3 Å². The molecular formula is C34H64Cl2N6O8. The molecule has 0 aliphatic heterocycles. The molecule has 4 N–H and O–H groups in total. The normalized spacial score (nSPS) is 10.9. The van der Waals surface area contributed by atoms with E-state index in [0.29, 0.717) is 52.1 Å². The van der Waals surface area contributed by atoms with Gasteiger partial charge < -0.3 is 40.5 Å². The highest BCUT2D eigenvalue weighted by Crippen LogP contribution is 2.08. The topological polar surface area (TPSA) is 175 Å². The van der Waals surface area contributed by atoms with Crippen LogP contribution in [0, 0.1) is 0 Å². The Labute approximate surface area is 309 Å². The summed E-state index contributed by atoms with van der Waals surface area (Å²) < 4.78 is 10.4. The van der Waals surface area contributed by atoms with Crippen molar-refractivity contribution in [2.75, 3.05) is 64.1 Å². The van der Waals surface area contributed by atoms with Crippen LogP contribution in [0.25, 0.3) is 0 Å². The maximum Gasteiger partial charge on any atom is 0.407 e. The average molecular weight is 756 g/mol. The van der Waals surface area contributed by atoms with Gasteiger partial charge in [0.15, 0.2) is 0 Å². The van der Waals surface area contributed by atoms with Crippen molar-refractivity contribution >= 4 is 59.0 Å². The fourth-order valence-corrected chi connectivity index (χ4v) is 4.25. The first-order valence-corrected chi connectivity index (χ1v) is 18.6. The molecule has 292 valence electrons. The lowest BCUT2D eigenvalue weighted by Gasteiger charge is -2.25. The number of ether oxygens (including phenoxy) is 2. The van der Waals surface area contributed by atoms with Gasteiger partial charge in [-0.15, -0.1) is 23.2 Å². The molecule has 0 fully saturated rings. The van der Waals surface area contributed by atoms with E-state index in [1.807, 2.05) is 0 Å². The van der Waals surface area contributed by atoms with Crippen LogP contribution < -0.4 is 21.3 Å². The van der Waals surface area contributed by atoms with Gasteiger partial charge in [-0.25, -0.2) is 9.59 Å². The largest absolute Gasteiger partial charge is 0.444 e. The minimum absolute atomic E-state index is 0.00503. The highest BCUT2D eigenvalue weighted by Gasteiger charge is 2.19. The highest BCUT2D eigenvalue weighted by atomic mass is 35.5. The molecule has 0 aromatic heterocycles. The van der Waals surface area contributed by atoms with E-state index < -0.39 is 23.4 Å². The van der Waals surface area contributed by atoms with Crippen LogP contribution in [-0.4, -0.2) is 121 Å². The summed E-state index contributed by atoms with van der Waals surface area (Å²) in [6, 6.07) is 0. The van der Waals surface area contributed by atoms with Gasteiger partial charge in [-0.05, 0) is 54.4 Å². The number of hydrogen-bond donors (Lipinski definition) is 4. The summed E-state index contributed by atoms with van der Waals surface area (Å²) in [5, 5.41) is 10.6. The predicted molar refractivity (Wildman–Crippen MR) is 197 cm³/mol. The van der Waals surface area contributed by atoms with Crippen LogP contribution in [0.1, 0.15) is 107 Å². The van der Waals surface area contributed by atoms with Crippen LogP contribution in [0.15, 0.2) is 0 Å². The number of hydrogen-bond acceptors (Lipinski definition) is 8. The molecular weight excluding hydrogens is 691 g/mol. The summed E-state index contributed by atoms with van der Waals surface area (Å²) >= 11 is 10.8. The first kappa shape index (κ1) is 49.1. The number of alkyl carbamates (subject to hydrolysis) is 2. The van der Waals surface area contributed by atoms with Crippen LogP contribution in [0.5, 0.6) is 0 Å². The zero-order valence-corrected chi connectivity index (χ0v) is 33.2. The molecule has 14 nitrogen and oxygen atoms in total. The molecule has 0 aromatic rings. The second-order valence-corrected chi connectivity index (χ2v) is 14.0. The second kappa shape index (κ2) is 28.7. The summed E-state index contributed by atoms with van der Waals surface area (Å²) in [5.74, 6) is -0.711. The van der Waals surface area contributed by atoms with Crippen molar-refractivity contribution < 1.29 is 38.2 Å². The fourth-order valence-electron chi connectivity index (χ4n) is 4.06. The lowest BCUT2D eigenvalue weighted by atomic mass is 10.2. The molecule has 0 saturated heterocycles. The summed E-state index contributed by atoms with van der Waals surface area (Å²) in [4.78, 5) is 73.6. The summed E-state index contributed by atoms with van der Waals surface area (Å²) in [6.45, 7) is 17.6. The number of nitrogens with zero attached hydrogens (tertiary/aromatic N) is 2. The third kappa shape index (κ3) is 31.0. The van der Waals surface area contributed by atoms with Gasteiger partial charge in [-0.2, -0.15) is 0 Å². The maximum absolute atomic E-state index is 12.5. The molecule has 0 heterocycles. The number of unbranched alkanes of at least 4 members (excludes halogenated alkanes) is 4. The van der Waals surface area contributed by atoms with Crippen LogP contribution in [0.3, 0.4) is 0 Å². The number of halogens is 2. The zero-order valence-electron chi connectivity index (χ0n) is 31.6. The summed E-state index contributed by atoms with van der Waals surface area (Å²) in [7, 11) is 0. The Bertz CT molecular complexity index is 949. The average Bonchev–Trinajstić information content (AvgIpc) is 3.01. The van der Waals surface area contributed by atoms with Crippen molar-refractivity contribution in [1.29, 1.82) is 0 Å². The molecule has 6 amide bonds. The monoisotopic (exact) mass is 754 g/mol. The Morgan fingerprint density at radius 2 is 0.820 bits per heavy atom. The van der Waals surface area contributed by atoms with E-state index in [2.05, 4.69) is 35.1 Å². The number of alkyl halides is 2. The first-order chi connectivity index (χ1) is 23.4. The van der Waals surface area contributed by atoms with Gasteiger partial charge in [0.05, 0.1) is 0 Å². The predicted octanol–water partition coefficient (Wildman–Crippen LogP) is 4.55. The summed E-state index contributed by atoms with van der Waals surface area (Å²) in [6.07, 6.45) is 5.64. The molecule has 0 spiro atoms. The van der Waals surface area contributed by atoms with Crippen LogP contribution in [0.2, 0.25) is 0 Å². The molecule has 0 bridgehead atoms. The van der Waals surface area contributed by atoms with E-state index in [-0.39, 0.29) is 48.5 Å². The third-order valence-corrected chi connectivity index (χ3v) is 6.93. The number of amides is 6. The number of carbonyl (C=O) groups is 6. The number of nitrogens with one attached hydrogen (secondary N) is 4. The Morgan fingerprint density at radius 1 is 0.520 bits per heavy atom. The van der Waals surface area contributed by atoms with Gasteiger partial charge in [-0.3, -0.25) is 19.2 Å². The SMILES string of the molecule is CCCCCC(=O)N(CCNC(=O)CCl)CCNC(=O)CCl.CCCCCC(=O)N(CCNC(=O)OC(C)(C)C)CCNC(=O)OC(C)(C)C.